The predicted octanol–water partition coefficient (Wildman–Crippen LogP) is 2.32. The number of nitrogens with zero attached hydrogens (tertiary/aromatic N) is 4. The first-order valence-electron chi connectivity index (χ1n) is 8.04. The van der Waals surface area contributed by atoms with E-state index in [9.17, 15) is 4.79 Å². The fraction of sp³-hybridized carbons (Fsp3) is 0.500. The molecular weight excluding hydrogens is 328 g/mol. The molecule has 0 bridgehead atoms. The Balaban J connectivity index is 0.00000208. The van der Waals surface area contributed by atoms with E-state index >= 15 is 0 Å². The van der Waals surface area contributed by atoms with Crippen LogP contribution in [0.5, 0.6) is 0 Å². The number of hydrogen-bond acceptors (Lipinski definition) is 5. The van der Waals surface area contributed by atoms with Gasteiger partial charge in [-0.05, 0) is 53.4 Å². The van der Waals surface area contributed by atoms with Crippen molar-refractivity contribution in [2.75, 3.05) is 11.9 Å². The molecule has 130 valence electrons. The number of rotatable bonds is 5. The minimum Gasteiger partial charge on any atom is -0.330 e. The van der Waals surface area contributed by atoms with E-state index in [0.717, 1.165) is 24.2 Å². The van der Waals surface area contributed by atoms with Gasteiger partial charge in [0.25, 0.3) is 0 Å². The monoisotopic (exact) mass is 350 g/mol. The van der Waals surface area contributed by atoms with Crippen LogP contribution < -0.4 is 11.1 Å². The first-order chi connectivity index (χ1) is 11.2. The second kappa shape index (κ2) is 8.21. The van der Waals surface area contributed by atoms with Gasteiger partial charge in [0.2, 0.25) is 5.91 Å². The van der Waals surface area contributed by atoms with Crippen molar-refractivity contribution in [1.29, 1.82) is 0 Å². The van der Waals surface area contributed by atoms with Gasteiger partial charge in [0.1, 0.15) is 6.33 Å². The van der Waals surface area contributed by atoms with Gasteiger partial charge < -0.3 is 11.1 Å². The molecule has 0 aliphatic heterocycles. The molecule has 1 aromatic heterocycles. The number of nitrogens with one attached hydrogen (secondary N) is 1. The fourth-order valence-corrected chi connectivity index (χ4v) is 3.31. The van der Waals surface area contributed by atoms with Gasteiger partial charge in [-0.1, -0.05) is 25.3 Å². The van der Waals surface area contributed by atoms with Crippen molar-refractivity contribution in [1.82, 2.24) is 20.2 Å². The lowest BCUT2D eigenvalue weighted by Crippen LogP contribution is -2.36. The molecule has 3 rings (SSSR count). The van der Waals surface area contributed by atoms with Crippen LogP contribution in [0.4, 0.5) is 5.69 Å². The molecule has 0 radical (unpaired) electrons. The molecule has 1 saturated carbocycles. The summed E-state index contributed by atoms with van der Waals surface area (Å²) < 4.78 is 1.55. The van der Waals surface area contributed by atoms with Crippen molar-refractivity contribution in [3.8, 4) is 5.69 Å². The van der Waals surface area contributed by atoms with Crippen LogP contribution in [-0.4, -0.2) is 32.7 Å². The Morgan fingerprint density at radius 1 is 1.29 bits per heavy atom. The van der Waals surface area contributed by atoms with E-state index in [-0.39, 0.29) is 23.7 Å². The topological polar surface area (TPSA) is 98.7 Å². The highest BCUT2D eigenvalue weighted by atomic mass is 35.5. The van der Waals surface area contributed by atoms with Crippen LogP contribution in [0, 0.1) is 5.41 Å². The van der Waals surface area contributed by atoms with E-state index in [4.69, 9.17) is 5.73 Å². The normalized spacial score (nSPS) is 16.2. The van der Waals surface area contributed by atoms with E-state index in [1.165, 1.54) is 25.6 Å². The zero-order chi connectivity index (χ0) is 16.1. The van der Waals surface area contributed by atoms with E-state index in [1.807, 2.05) is 24.3 Å². The summed E-state index contributed by atoms with van der Waals surface area (Å²) in [5.74, 6) is 0.0196. The number of anilines is 1. The summed E-state index contributed by atoms with van der Waals surface area (Å²) in [5, 5.41) is 14.1. The maximum atomic E-state index is 12.4. The van der Waals surface area contributed by atoms with Crippen molar-refractivity contribution < 1.29 is 4.79 Å². The van der Waals surface area contributed by atoms with E-state index in [0.29, 0.717) is 13.0 Å². The Labute approximate surface area is 147 Å². The van der Waals surface area contributed by atoms with Crippen LogP contribution >= 0.6 is 12.4 Å². The van der Waals surface area contributed by atoms with Crippen LogP contribution in [0.2, 0.25) is 0 Å². The molecule has 1 aliphatic rings. The number of hydrogen-bond donors (Lipinski definition) is 2. The zero-order valence-electron chi connectivity index (χ0n) is 13.5. The third-order valence-electron chi connectivity index (χ3n) is 4.63. The maximum Gasteiger partial charge on any atom is 0.224 e. The summed E-state index contributed by atoms with van der Waals surface area (Å²) in [6.45, 7) is 0.574. The molecule has 0 spiro atoms. The SMILES string of the molecule is Cl.NCC1(CC(=O)Nc2cccc(-n3cnnn3)c2)CCCCC1. The molecule has 1 amide bonds. The van der Waals surface area contributed by atoms with E-state index < -0.39 is 0 Å². The number of aromatic nitrogens is 4. The Bertz CT molecular complexity index is 654. The molecule has 7 nitrogen and oxygen atoms in total. The number of tetrazole rings is 1. The summed E-state index contributed by atoms with van der Waals surface area (Å²) >= 11 is 0. The molecule has 2 aromatic rings. The molecule has 1 heterocycles. The first-order valence-corrected chi connectivity index (χ1v) is 8.04. The van der Waals surface area contributed by atoms with Gasteiger partial charge in [0.05, 0.1) is 5.69 Å². The largest absolute Gasteiger partial charge is 0.330 e. The number of halogens is 1. The minimum atomic E-state index is -0.0320. The molecule has 0 atom stereocenters. The number of nitrogens with two attached hydrogens (primary N) is 1. The lowest BCUT2D eigenvalue weighted by atomic mass is 9.71. The lowest BCUT2D eigenvalue weighted by Gasteiger charge is -2.35. The third-order valence-corrected chi connectivity index (χ3v) is 4.63. The molecule has 1 aromatic carbocycles. The Hall–Kier alpha value is -1.99. The van der Waals surface area contributed by atoms with Crippen LogP contribution in [0.25, 0.3) is 5.69 Å². The minimum absolute atomic E-state index is 0. The summed E-state index contributed by atoms with van der Waals surface area (Å²) in [7, 11) is 0. The Morgan fingerprint density at radius 3 is 2.75 bits per heavy atom. The van der Waals surface area contributed by atoms with Crippen molar-refractivity contribution in [3.63, 3.8) is 0 Å². The van der Waals surface area contributed by atoms with Gasteiger partial charge in [0, 0.05) is 12.1 Å². The third kappa shape index (κ3) is 4.30. The quantitative estimate of drug-likeness (QED) is 0.862. The van der Waals surface area contributed by atoms with Crippen LogP contribution in [-0.2, 0) is 4.79 Å². The van der Waals surface area contributed by atoms with E-state index in [2.05, 4.69) is 20.8 Å². The highest BCUT2D eigenvalue weighted by Gasteiger charge is 2.32. The average Bonchev–Trinajstić information content (AvgIpc) is 3.10. The van der Waals surface area contributed by atoms with Gasteiger partial charge in [-0.3, -0.25) is 4.79 Å². The number of carbonyl (C=O) groups is 1. The van der Waals surface area contributed by atoms with Gasteiger partial charge in [-0.2, -0.15) is 0 Å². The van der Waals surface area contributed by atoms with Gasteiger partial charge >= 0.3 is 0 Å². The standard InChI is InChI=1S/C16H22N6O.ClH/c17-11-16(7-2-1-3-8-16)10-15(23)19-13-5-4-6-14(9-13)22-12-18-20-21-22;/h4-6,9,12H,1-3,7-8,10-11,17H2,(H,19,23);1H. The maximum absolute atomic E-state index is 12.4. The van der Waals surface area contributed by atoms with E-state index in [1.54, 1.807) is 4.68 Å². The fourth-order valence-electron chi connectivity index (χ4n) is 3.31. The first kappa shape index (κ1) is 18.4. The highest BCUT2D eigenvalue weighted by molar-refractivity contribution is 5.91. The molecule has 3 N–H and O–H groups in total. The molecular formula is C16H23ClN6O. The molecule has 24 heavy (non-hydrogen) atoms. The lowest BCUT2D eigenvalue weighted by molar-refractivity contribution is -0.118. The molecule has 1 fully saturated rings. The van der Waals surface area contributed by atoms with Crippen LogP contribution in [0.15, 0.2) is 30.6 Å². The van der Waals surface area contributed by atoms with Crippen molar-refractivity contribution in [3.05, 3.63) is 30.6 Å². The van der Waals surface area contributed by atoms with Gasteiger partial charge in [0.15, 0.2) is 0 Å². The molecule has 0 unspecified atom stereocenters. The van der Waals surface area contributed by atoms with Crippen LogP contribution in [0.1, 0.15) is 38.5 Å². The summed E-state index contributed by atoms with van der Waals surface area (Å²) in [5.41, 5.74) is 7.48. The Morgan fingerprint density at radius 2 is 2.08 bits per heavy atom. The van der Waals surface area contributed by atoms with Crippen LogP contribution in [0.3, 0.4) is 0 Å². The zero-order valence-corrected chi connectivity index (χ0v) is 14.3. The summed E-state index contributed by atoms with van der Waals surface area (Å²) in [6.07, 6.45) is 7.67. The summed E-state index contributed by atoms with van der Waals surface area (Å²) in [6, 6.07) is 7.46. The highest BCUT2D eigenvalue weighted by Crippen LogP contribution is 2.38. The number of benzene rings is 1. The van der Waals surface area contributed by atoms with Gasteiger partial charge in [-0.15, -0.1) is 17.5 Å². The van der Waals surface area contributed by atoms with Gasteiger partial charge in [-0.25, -0.2) is 4.68 Å². The molecule has 1 aliphatic carbocycles. The van der Waals surface area contributed by atoms with Crippen molar-refractivity contribution in [2.24, 2.45) is 11.1 Å². The number of amides is 1. The summed E-state index contributed by atoms with van der Waals surface area (Å²) in [4.78, 5) is 12.4. The molecule has 0 saturated heterocycles. The second-order valence-corrected chi connectivity index (χ2v) is 6.29. The van der Waals surface area contributed by atoms with Crippen molar-refractivity contribution in [2.45, 2.75) is 38.5 Å². The smallest absolute Gasteiger partial charge is 0.224 e. The Kier molecular flexibility index (Phi) is 6.28. The molecule has 8 heteroatoms. The predicted molar refractivity (Wildman–Crippen MR) is 94.2 cm³/mol. The average molecular weight is 351 g/mol. The second-order valence-electron chi connectivity index (χ2n) is 6.29. The number of carbonyl (C=O) groups excluding carboxylic acids is 1. The van der Waals surface area contributed by atoms with Crippen molar-refractivity contribution >= 4 is 24.0 Å².